The molecule has 2 unspecified atom stereocenters. The van der Waals surface area contributed by atoms with Gasteiger partial charge in [-0.05, 0) is 49.8 Å². The second kappa shape index (κ2) is 7.58. The number of benzene rings is 1. The van der Waals surface area contributed by atoms with E-state index < -0.39 is 0 Å². The molecule has 100 valence electrons. The molecule has 2 rings (SSSR count). The quantitative estimate of drug-likeness (QED) is 0.600. The molecule has 1 heteroatoms. The van der Waals surface area contributed by atoms with Crippen LogP contribution in [0.1, 0.15) is 56.9 Å². The van der Waals surface area contributed by atoms with E-state index in [1.165, 1.54) is 45.1 Å². The van der Waals surface area contributed by atoms with E-state index in [1.54, 1.807) is 5.56 Å². The lowest BCUT2D eigenvalue weighted by atomic mass is 9.82. The van der Waals surface area contributed by atoms with Crippen LogP contribution in [0.3, 0.4) is 0 Å². The lowest BCUT2D eigenvalue weighted by Crippen LogP contribution is -2.27. The molecule has 2 atom stereocenters. The number of rotatable bonds is 5. The molecule has 18 heavy (non-hydrogen) atoms. The maximum absolute atomic E-state index is 3.63. The van der Waals surface area contributed by atoms with E-state index in [0.717, 1.165) is 18.4 Å². The summed E-state index contributed by atoms with van der Waals surface area (Å²) in [6, 6.07) is 11.2. The van der Waals surface area contributed by atoms with E-state index in [-0.39, 0.29) is 0 Å². The fraction of sp³-hybridized carbons (Fsp3) is 0.647. The molecule has 0 radical (unpaired) electrons. The van der Waals surface area contributed by atoms with Crippen molar-refractivity contribution in [1.29, 1.82) is 0 Å². The standard InChI is InChI=1S/C17H27N/c1-2-13-18-14-16-11-7-4-8-12-17(16)15-9-5-3-6-10-15/h3,5-6,9-10,16-18H,2,4,7-8,11-14H2,1H3. The molecule has 1 N–H and O–H groups in total. The van der Waals surface area contributed by atoms with Crippen molar-refractivity contribution in [3.63, 3.8) is 0 Å². The van der Waals surface area contributed by atoms with E-state index in [2.05, 4.69) is 42.6 Å². The summed E-state index contributed by atoms with van der Waals surface area (Å²) in [6.07, 6.45) is 8.26. The van der Waals surface area contributed by atoms with Crippen LogP contribution < -0.4 is 5.32 Å². The molecule has 0 amide bonds. The Morgan fingerprint density at radius 3 is 2.61 bits per heavy atom. The van der Waals surface area contributed by atoms with Crippen LogP contribution in [0.2, 0.25) is 0 Å². The van der Waals surface area contributed by atoms with Crippen molar-refractivity contribution in [1.82, 2.24) is 5.32 Å². The first-order chi connectivity index (χ1) is 8.92. The molecule has 0 bridgehead atoms. The van der Waals surface area contributed by atoms with Gasteiger partial charge in [-0.3, -0.25) is 0 Å². The third-order valence-corrected chi connectivity index (χ3v) is 4.22. The third kappa shape index (κ3) is 3.84. The Morgan fingerprint density at radius 1 is 1.06 bits per heavy atom. The molecule has 1 saturated carbocycles. The van der Waals surface area contributed by atoms with Crippen molar-refractivity contribution in [2.45, 2.75) is 51.4 Å². The molecule has 1 aromatic carbocycles. The van der Waals surface area contributed by atoms with Gasteiger partial charge in [0.15, 0.2) is 0 Å². The Balaban J connectivity index is 2.02. The van der Waals surface area contributed by atoms with Gasteiger partial charge in [0.05, 0.1) is 0 Å². The van der Waals surface area contributed by atoms with E-state index in [0.29, 0.717) is 0 Å². The van der Waals surface area contributed by atoms with Gasteiger partial charge in [-0.15, -0.1) is 0 Å². The van der Waals surface area contributed by atoms with Gasteiger partial charge in [-0.1, -0.05) is 56.5 Å². The molecule has 1 aliphatic carbocycles. The zero-order valence-electron chi connectivity index (χ0n) is 11.7. The van der Waals surface area contributed by atoms with Crippen LogP contribution in [-0.2, 0) is 0 Å². The van der Waals surface area contributed by atoms with Gasteiger partial charge < -0.3 is 5.32 Å². The highest BCUT2D eigenvalue weighted by molar-refractivity contribution is 5.20. The Morgan fingerprint density at radius 2 is 1.83 bits per heavy atom. The summed E-state index contributed by atoms with van der Waals surface area (Å²) >= 11 is 0. The summed E-state index contributed by atoms with van der Waals surface area (Å²) < 4.78 is 0. The van der Waals surface area contributed by atoms with Crippen molar-refractivity contribution in [2.75, 3.05) is 13.1 Å². The Bertz CT molecular complexity index is 320. The van der Waals surface area contributed by atoms with Crippen molar-refractivity contribution < 1.29 is 0 Å². The summed E-state index contributed by atoms with van der Waals surface area (Å²) in [5, 5.41) is 3.63. The van der Waals surface area contributed by atoms with Crippen LogP contribution in [0.25, 0.3) is 0 Å². The van der Waals surface area contributed by atoms with Crippen LogP contribution in [0.5, 0.6) is 0 Å². The Labute approximate surface area is 112 Å². The zero-order valence-corrected chi connectivity index (χ0v) is 11.7. The molecule has 0 saturated heterocycles. The molecule has 1 aromatic rings. The largest absolute Gasteiger partial charge is 0.316 e. The highest BCUT2D eigenvalue weighted by Crippen LogP contribution is 2.36. The maximum Gasteiger partial charge on any atom is -0.00147 e. The molecular weight excluding hydrogens is 218 g/mol. The second-order valence-electron chi connectivity index (χ2n) is 5.62. The topological polar surface area (TPSA) is 12.0 Å². The van der Waals surface area contributed by atoms with Crippen LogP contribution in [0, 0.1) is 5.92 Å². The van der Waals surface area contributed by atoms with Gasteiger partial charge in [0.1, 0.15) is 0 Å². The molecule has 1 aliphatic rings. The SMILES string of the molecule is CCCNCC1CCCCCC1c1ccccc1. The minimum absolute atomic E-state index is 0.776. The zero-order chi connectivity index (χ0) is 12.6. The minimum Gasteiger partial charge on any atom is -0.316 e. The Kier molecular flexibility index (Phi) is 5.73. The molecule has 1 fully saturated rings. The van der Waals surface area contributed by atoms with Gasteiger partial charge >= 0.3 is 0 Å². The summed E-state index contributed by atoms with van der Waals surface area (Å²) in [6.45, 7) is 4.61. The van der Waals surface area contributed by atoms with Crippen molar-refractivity contribution in [3.8, 4) is 0 Å². The lowest BCUT2D eigenvalue weighted by Gasteiger charge is -2.26. The first-order valence-corrected chi connectivity index (χ1v) is 7.67. The summed E-state index contributed by atoms with van der Waals surface area (Å²) in [4.78, 5) is 0. The monoisotopic (exact) mass is 245 g/mol. The highest BCUT2D eigenvalue weighted by atomic mass is 14.9. The van der Waals surface area contributed by atoms with E-state index >= 15 is 0 Å². The smallest absolute Gasteiger partial charge is 0.00147 e. The predicted molar refractivity (Wildman–Crippen MR) is 78.9 cm³/mol. The molecule has 0 spiro atoms. The average molecular weight is 245 g/mol. The molecular formula is C17H27N. The van der Waals surface area contributed by atoms with Crippen molar-refractivity contribution in [2.24, 2.45) is 5.92 Å². The first-order valence-electron chi connectivity index (χ1n) is 7.67. The van der Waals surface area contributed by atoms with Gasteiger partial charge in [-0.2, -0.15) is 0 Å². The first kappa shape index (κ1) is 13.6. The van der Waals surface area contributed by atoms with E-state index in [4.69, 9.17) is 0 Å². The third-order valence-electron chi connectivity index (χ3n) is 4.22. The molecule has 0 aromatic heterocycles. The lowest BCUT2D eigenvalue weighted by molar-refractivity contribution is 0.376. The van der Waals surface area contributed by atoms with E-state index in [9.17, 15) is 0 Å². The molecule has 0 heterocycles. The fourth-order valence-electron chi connectivity index (χ4n) is 3.23. The molecule has 0 aliphatic heterocycles. The second-order valence-corrected chi connectivity index (χ2v) is 5.62. The Hall–Kier alpha value is -0.820. The fourth-order valence-corrected chi connectivity index (χ4v) is 3.23. The highest BCUT2D eigenvalue weighted by Gasteiger charge is 2.24. The summed E-state index contributed by atoms with van der Waals surface area (Å²) in [7, 11) is 0. The van der Waals surface area contributed by atoms with Crippen LogP contribution in [0.15, 0.2) is 30.3 Å². The van der Waals surface area contributed by atoms with Crippen LogP contribution in [0.4, 0.5) is 0 Å². The predicted octanol–water partition coefficient (Wildman–Crippen LogP) is 4.35. The van der Waals surface area contributed by atoms with Gasteiger partial charge in [0.2, 0.25) is 0 Å². The van der Waals surface area contributed by atoms with E-state index in [1.807, 2.05) is 0 Å². The maximum atomic E-state index is 3.63. The number of nitrogens with one attached hydrogen (secondary N) is 1. The van der Waals surface area contributed by atoms with Crippen LogP contribution >= 0.6 is 0 Å². The van der Waals surface area contributed by atoms with Crippen molar-refractivity contribution in [3.05, 3.63) is 35.9 Å². The number of hydrogen-bond acceptors (Lipinski definition) is 1. The normalized spacial score (nSPS) is 24.7. The van der Waals surface area contributed by atoms with Gasteiger partial charge in [0.25, 0.3) is 0 Å². The van der Waals surface area contributed by atoms with Gasteiger partial charge in [0, 0.05) is 0 Å². The van der Waals surface area contributed by atoms with Gasteiger partial charge in [-0.25, -0.2) is 0 Å². The van der Waals surface area contributed by atoms with Crippen LogP contribution in [-0.4, -0.2) is 13.1 Å². The number of hydrogen-bond donors (Lipinski definition) is 1. The molecule has 1 nitrogen and oxygen atoms in total. The van der Waals surface area contributed by atoms with Crippen molar-refractivity contribution >= 4 is 0 Å². The summed E-state index contributed by atoms with van der Waals surface area (Å²) in [5.74, 6) is 1.61. The average Bonchev–Trinajstić information content (AvgIpc) is 2.66. The minimum atomic E-state index is 0.776. The summed E-state index contributed by atoms with van der Waals surface area (Å²) in [5.41, 5.74) is 1.56.